The molecular formula is C6H13N3O2. The van der Waals surface area contributed by atoms with Gasteiger partial charge in [0.25, 0.3) is 0 Å². The second kappa shape index (κ2) is 5.67. The van der Waals surface area contributed by atoms with Gasteiger partial charge in [-0.1, -0.05) is 0 Å². The van der Waals surface area contributed by atoms with Crippen LogP contribution in [0.1, 0.15) is 12.8 Å². The molecule has 0 aliphatic heterocycles. The van der Waals surface area contributed by atoms with Crippen LogP contribution >= 0.6 is 0 Å². The predicted octanol–water partition coefficient (Wildman–Crippen LogP) is -0.833. The molecule has 0 fully saturated rings. The molecule has 0 spiro atoms. The number of hydrogen-bond donors (Lipinski definition) is 3. The molecule has 0 saturated carbocycles. The second-order valence-corrected chi connectivity index (χ2v) is 2.06. The SMILES string of the molecule is NCCN=C(N)CCC(=O)O. The molecule has 0 unspecified atom stereocenters. The lowest BCUT2D eigenvalue weighted by Crippen LogP contribution is -2.16. The van der Waals surface area contributed by atoms with Crippen molar-refractivity contribution in [2.45, 2.75) is 12.8 Å². The Morgan fingerprint density at radius 1 is 1.45 bits per heavy atom. The molecule has 0 aromatic rings. The maximum absolute atomic E-state index is 10.0. The monoisotopic (exact) mass is 159 g/mol. The number of hydrogen-bond acceptors (Lipinski definition) is 3. The van der Waals surface area contributed by atoms with E-state index in [2.05, 4.69) is 4.99 Å². The van der Waals surface area contributed by atoms with Crippen molar-refractivity contribution < 1.29 is 9.90 Å². The number of carbonyl (C=O) groups is 1. The van der Waals surface area contributed by atoms with Crippen LogP contribution in [0.5, 0.6) is 0 Å². The third-order valence-corrected chi connectivity index (χ3v) is 1.04. The van der Waals surface area contributed by atoms with Crippen molar-refractivity contribution in [3.05, 3.63) is 0 Å². The van der Waals surface area contributed by atoms with E-state index in [1.54, 1.807) is 0 Å². The van der Waals surface area contributed by atoms with E-state index in [0.717, 1.165) is 0 Å². The largest absolute Gasteiger partial charge is 0.481 e. The summed E-state index contributed by atoms with van der Waals surface area (Å²) in [5, 5.41) is 8.25. The second-order valence-electron chi connectivity index (χ2n) is 2.06. The molecule has 0 aliphatic rings. The Morgan fingerprint density at radius 2 is 2.09 bits per heavy atom. The van der Waals surface area contributed by atoms with Gasteiger partial charge >= 0.3 is 5.97 Å². The Balaban J connectivity index is 3.50. The molecule has 0 amide bonds. The molecule has 0 radical (unpaired) electrons. The maximum Gasteiger partial charge on any atom is 0.303 e. The van der Waals surface area contributed by atoms with Crippen molar-refractivity contribution in [3.8, 4) is 0 Å². The molecular weight excluding hydrogens is 146 g/mol. The normalized spacial score (nSPS) is 11.5. The van der Waals surface area contributed by atoms with Gasteiger partial charge in [0.05, 0.1) is 18.8 Å². The number of aliphatic imine (C=N–C) groups is 1. The Morgan fingerprint density at radius 3 is 2.55 bits per heavy atom. The number of nitrogens with zero attached hydrogens (tertiary/aromatic N) is 1. The Hall–Kier alpha value is -1.10. The summed E-state index contributed by atoms with van der Waals surface area (Å²) in [4.78, 5) is 13.9. The summed E-state index contributed by atoms with van der Waals surface area (Å²) in [6, 6.07) is 0. The third-order valence-electron chi connectivity index (χ3n) is 1.04. The van der Waals surface area contributed by atoms with Gasteiger partial charge in [0.1, 0.15) is 0 Å². The first-order valence-electron chi connectivity index (χ1n) is 3.37. The van der Waals surface area contributed by atoms with Crippen molar-refractivity contribution in [2.24, 2.45) is 16.5 Å². The molecule has 0 heterocycles. The van der Waals surface area contributed by atoms with Crippen LogP contribution in [-0.2, 0) is 4.79 Å². The maximum atomic E-state index is 10.0. The highest BCUT2D eigenvalue weighted by molar-refractivity contribution is 5.83. The van der Waals surface area contributed by atoms with E-state index in [0.29, 0.717) is 25.3 Å². The summed E-state index contributed by atoms with van der Waals surface area (Å²) in [5.74, 6) is -0.506. The lowest BCUT2D eigenvalue weighted by Gasteiger charge is -1.96. The standard InChI is InChI=1S/C6H13N3O2/c7-3-4-9-5(8)1-2-6(10)11/h1-4,7H2,(H2,8,9)(H,10,11). The molecule has 0 aromatic heterocycles. The van der Waals surface area contributed by atoms with Gasteiger partial charge in [0, 0.05) is 13.0 Å². The highest BCUT2D eigenvalue weighted by atomic mass is 16.4. The minimum atomic E-state index is -0.865. The van der Waals surface area contributed by atoms with Crippen LogP contribution in [0.15, 0.2) is 4.99 Å². The zero-order valence-electron chi connectivity index (χ0n) is 6.29. The quantitative estimate of drug-likeness (QED) is 0.360. The van der Waals surface area contributed by atoms with Crippen LogP contribution in [0.25, 0.3) is 0 Å². The van der Waals surface area contributed by atoms with Gasteiger partial charge in [-0.15, -0.1) is 0 Å². The highest BCUT2D eigenvalue weighted by Crippen LogP contribution is 1.88. The van der Waals surface area contributed by atoms with Crippen LogP contribution in [-0.4, -0.2) is 30.0 Å². The third kappa shape index (κ3) is 6.79. The van der Waals surface area contributed by atoms with Gasteiger partial charge < -0.3 is 16.6 Å². The molecule has 5 nitrogen and oxygen atoms in total. The van der Waals surface area contributed by atoms with Crippen molar-refractivity contribution in [2.75, 3.05) is 13.1 Å². The van der Waals surface area contributed by atoms with Crippen LogP contribution < -0.4 is 11.5 Å². The first-order valence-corrected chi connectivity index (χ1v) is 3.37. The van der Waals surface area contributed by atoms with E-state index < -0.39 is 5.97 Å². The number of carboxylic acids is 1. The summed E-state index contributed by atoms with van der Waals surface area (Å²) >= 11 is 0. The molecule has 0 aliphatic carbocycles. The molecule has 0 bridgehead atoms. The number of aliphatic carboxylic acids is 1. The van der Waals surface area contributed by atoms with E-state index in [1.165, 1.54) is 0 Å². The first-order chi connectivity index (χ1) is 5.16. The highest BCUT2D eigenvalue weighted by Gasteiger charge is 1.98. The summed E-state index contributed by atoms with van der Waals surface area (Å²) in [6.07, 6.45) is 0.329. The van der Waals surface area contributed by atoms with Gasteiger partial charge in [0.15, 0.2) is 0 Å². The van der Waals surface area contributed by atoms with Gasteiger partial charge in [-0.3, -0.25) is 9.79 Å². The number of rotatable bonds is 5. The molecule has 0 aromatic carbocycles. The molecule has 0 saturated heterocycles. The minimum Gasteiger partial charge on any atom is -0.481 e. The van der Waals surface area contributed by atoms with Crippen molar-refractivity contribution >= 4 is 11.8 Å². The topological polar surface area (TPSA) is 102 Å². The molecule has 5 N–H and O–H groups in total. The van der Waals surface area contributed by atoms with E-state index in [4.69, 9.17) is 16.6 Å². The average molecular weight is 159 g/mol. The van der Waals surface area contributed by atoms with Crippen LogP contribution in [0.3, 0.4) is 0 Å². The zero-order chi connectivity index (χ0) is 8.69. The average Bonchev–Trinajstić information content (AvgIpc) is 1.97. The summed E-state index contributed by atoms with van der Waals surface area (Å²) in [5.41, 5.74) is 10.5. The molecule has 11 heavy (non-hydrogen) atoms. The summed E-state index contributed by atoms with van der Waals surface area (Å²) < 4.78 is 0. The molecule has 5 heteroatoms. The number of carboxylic acid groups (broad SMARTS) is 1. The molecule has 0 atom stereocenters. The van der Waals surface area contributed by atoms with E-state index in [1.807, 2.05) is 0 Å². The lowest BCUT2D eigenvalue weighted by molar-refractivity contribution is -0.136. The summed E-state index contributed by atoms with van der Waals surface area (Å²) in [6.45, 7) is 0.902. The zero-order valence-corrected chi connectivity index (χ0v) is 6.29. The van der Waals surface area contributed by atoms with E-state index in [-0.39, 0.29) is 6.42 Å². The fraction of sp³-hybridized carbons (Fsp3) is 0.667. The molecule has 64 valence electrons. The minimum absolute atomic E-state index is 0.0277. The van der Waals surface area contributed by atoms with Crippen LogP contribution in [0, 0.1) is 0 Å². The first kappa shape index (κ1) is 9.90. The number of amidine groups is 1. The molecule has 0 rings (SSSR count). The smallest absolute Gasteiger partial charge is 0.303 e. The van der Waals surface area contributed by atoms with E-state index in [9.17, 15) is 4.79 Å². The van der Waals surface area contributed by atoms with Gasteiger partial charge in [-0.05, 0) is 0 Å². The summed E-state index contributed by atoms with van der Waals surface area (Å²) in [7, 11) is 0. The number of nitrogens with two attached hydrogens (primary N) is 2. The lowest BCUT2D eigenvalue weighted by atomic mass is 10.3. The Kier molecular flexibility index (Phi) is 5.10. The fourth-order valence-corrected chi connectivity index (χ4v) is 0.522. The van der Waals surface area contributed by atoms with Crippen LogP contribution in [0.2, 0.25) is 0 Å². The van der Waals surface area contributed by atoms with Crippen LogP contribution in [0.4, 0.5) is 0 Å². The van der Waals surface area contributed by atoms with Gasteiger partial charge in [0.2, 0.25) is 0 Å². The Bertz CT molecular complexity index is 156. The van der Waals surface area contributed by atoms with Crippen molar-refractivity contribution in [3.63, 3.8) is 0 Å². The fourth-order valence-electron chi connectivity index (χ4n) is 0.522. The van der Waals surface area contributed by atoms with Gasteiger partial charge in [-0.2, -0.15) is 0 Å². The Labute approximate surface area is 65.1 Å². The van der Waals surface area contributed by atoms with Crippen molar-refractivity contribution in [1.29, 1.82) is 0 Å². The van der Waals surface area contributed by atoms with Gasteiger partial charge in [-0.25, -0.2) is 0 Å². The predicted molar refractivity (Wildman–Crippen MR) is 42.4 cm³/mol. The van der Waals surface area contributed by atoms with Crippen molar-refractivity contribution in [1.82, 2.24) is 0 Å². The van der Waals surface area contributed by atoms with E-state index >= 15 is 0 Å².